The molecule has 5 heteroatoms. The Morgan fingerprint density at radius 1 is 0.742 bits per heavy atom. The lowest BCUT2D eigenvalue weighted by Gasteiger charge is -2.31. The summed E-state index contributed by atoms with van der Waals surface area (Å²) in [5, 5.41) is -0.518. The van der Waals surface area contributed by atoms with E-state index in [0.717, 1.165) is 34.5 Å². The molecule has 3 aromatic carbocycles. The number of nitrogens with zero attached hydrogens (tertiary/aromatic N) is 2. The van der Waals surface area contributed by atoms with E-state index in [0.29, 0.717) is 6.42 Å². The molecule has 0 spiro atoms. The molecule has 0 radical (unpaired) electrons. The van der Waals surface area contributed by atoms with E-state index in [9.17, 15) is 8.76 Å². The second-order valence-electron chi connectivity index (χ2n) is 8.27. The number of hydrogen-bond donors (Lipinski definition) is 0. The van der Waals surface area contributed by atoms with E-state index in [1.807, 2.05) is 56.2 Å². The molecule has 0 saturated carbocycles. The fraction of sp³-hybridized carbons (Fsp3) is 0.308. The van der Waals surface area contributed by atoms with Gasteiger partial charge in [-0.2, -0.15) is 0 Å². The number of rotatable bonds is 9. The number of aryl methyl sites for hydroxylation is 1. The Morgan fingerprint density at radius 2 is 1.19 bits per heavy atom. The highest BCUT2D eigenvalue weighted by molar-refractivity contribution is 7.79. The second kappa shape index (κ2) is 10.6. The largest absolute Gasteiger partial charge is 0.772 e. The van der Waals surface area contributed by atoms with Crippen molar-refractivity contribution in [2.75, 3.05) is 38.0 Å². The Balaban J connectivity index is 1.98. The Hall–Kier alpha value is -2.63. The van der Waals surface area contributed by atoms with E-state index in [2.05, 4.69) is 60.7 Å². The van der Waals surface area contributed by atoms with Gasteiger partial charge in [-0.1, -0.05) is 65.7 Å². The third-order valence-electron chi connectivity index (χ3n) is 5.72. The zero-order valence-corrected chi connectivity index (χ0v) is 19.5. The van der Waals surface area contributed by atoms with Gasteiger partial charge >= 0.3 is 0 Å². The van der Waals surface area contributed by atoms with Crippen LogP contribution in [-0.4, -0.2) is 42.2 Å². The number of hydrogen-bond acceptors (Lipinski definition) is 4. The van der Waals surface area contributed by atoms with Gasteiger partial charge in [-0.25, -0.2) is 0 Å². The Morgan fingerprint density at radius 3 is 1.58 bits per heavy atom. The van der Waals surface area contributed by atoms with Gasteiger partial charge in [-0.15, -0.1) is 0 Å². The van der Waals surface area contributed by atoms with E-state index in [1.54, 1.807) is 0 Å². The summed E-state index contributed by atoms with van der Waals surface area (Å²) in [6.07, 6.45) is 1.29. The molecule has 2 unspecified atom stereocenters. The first-order valence-corrected chi connectivity index (χ1v) is 11.7. The maximum atomic E-state index is 12.4. The van der Waals surface area contributed by atoms with Gasteiger partial charge in [-0.3, -0.25) is 4.21 Å². The maximum Gasteiger partial charge on any atom is 0.0361 e. The van der Waals surface area contributed by atoms with Crippen LogP contribution in [0.4, 0.5) is 11.4 Å². The van der Waals surface area contributed by atoms with Crippen LogP contribution in [0.25, 0.3) is 0 Å². The fourth-order valence-electron chi connectivity index (χ4n) is 3.91. The minimum atomic E-state index is -2.21. The van der Waals surface area contributed by atoms with E-state index in [1.165, 1.54) is 0 Å². The highest BCUT2D eigenvalue weighted by Gasteiger charge is 2.26. The Bertz CT molecular complexity index is 919. The predicted octanol–water partition coefficient (Wildman–Crippen LogP) is 4.83. The number of anilines is 2. The molecule has 0 bridgehead atoms. The van der Waals surface area contributed by atoms with Crippen LogP contribution in [0.5, 0.6) is 0 Å². The fourth-order valence-corrected chi connectivity index (χ4v) is 4.76. The minimum absolute atomic E-state index is 0.227. The normalized spacial score (nSPS) is 13.1. The van der Waals surface area contributed by atoms with Crippen LogP contribution < -0.4 is 9.80 Å². The summed E-state index contributed by atoms with van der Waals surface area (Å²) in [6.45, 7) is 0. The molecule has 0 saturated heterocycles. The van der Waals surface area contributed by atoms with Crippen molar-refractivity contribution in [3.63, 3.8) is 0 Å². The lowest BCUT2D eigenvalue weighted by atomic mass is 9.85. The molecule has 3 aromatic rings. The average Bonchev–Trinajstić information content (AvgIpc) is 2.77. The van der Waals surface area contributed by atoms with Crippen LogP contribution in [0.3, 0.4) is 0 Å². The average molecular weight is 436 g/mol. The molecular formula is C26H31N2O2S-. The van der Waals surface area contributed by atoms with E-state index in [-0.39, 0.29) is 5.92 Å². The van der Waals surface area contributed by atoms with Gasteiger partial charge in [0, 0.05) is 50.7 Å². The van der Waals surface area contributed by atoms with Crippen molar-refractivity contribution in [1.82, 2.24) is 0 Å². The van der Waals surface area contributed by atoms with Gasteiger partial charge in [0.15, 0.2) is 0 Å². The van der Waals surface area contributed by atoms with E-state index >= 15 is 0 Å². The molecule has 31 heavy (non-hydrogen) atoms. The van der Waals surface area contributed by atoms with Gasteiger partial charge in [0.1, 0.15) is 0 Å². The first kappa shape index (κ1) is 23.0. The molecule has 0 fully saturated rings. The molecule has 164 valence electrons. The summed E-state index contributed by atoms with van der Waals surface area (Å²) in [5.41, 5.74) is 5.38. The summed E-state index contributed by atoms with van der Waals surface area (Å²) in [6, 6.07) is 26.5. The van der Waals surface area contributed by atoms with Crippen LogP contribution in [0.2, 0.25) is 0 Å². The van der Waals surface area contributed by atoms with Crippen molar-refractivity contribution in [2.45, 2.75) is 24.0 Å². The van der Waals surface area contributed by atoms with E-state index < -0.39 is 16.3 Å². The highest BCUT2D eigenvalue weighted by atomic mass is 32.2. The minimum Gasteiger partial charge on any atom is -0.772 e. The van der Waals surface area contributed by atoms with E-state index in [4.69, 9.17) is 0 Å². The van der Waals surface area contributed by atoms with Crippen molar-refractivity contribution in [1.29, 1.82) is 0 Å². The smallest absolute Gasteiger partial charge is 0.0361 e. The summed E-state index contributed by atoms with van der Waals surface area (Å²) in [4.78, 5) is 4.09. The molecule has 0 aromatic heterocycles. The third-order valence-corrected chi connectivity index (χ3v) is 6.72. The quantitative estimate of drug-likeness (QED) is 0.452. The molecule has 0 N–H and O–H groups in total. The van der Waals surface area contributed by atoms with Crippen molar-refractivity contribution in [3.05, 3.63) is 95.6 Å². The summed E-state index contributed by atoms with van der Waals surface area (Å²) in [5.74, 6) is -0.227. The molecule has 0 heterocycles. The molecule has 2 atom stereocenters. The molecule has 4 nitrogen and oxygen atoms in total. The molecule has 0 aliphatic rings. The molecule has 0 amide bonds. The van der Waals surface area contributed by atoms with Gasteiger partial charge in [-0.05, 0) is 53.8 Å². The maximum absolute atomic E-state index is 12.4. The first-order valence-electron chi connectivity index (χ1n) is 10.5. The van der Waals surface area contributed by atoms with Crippen molar-refractivity contribution < 1.29 is 8.76 Å². The highest BCUT2D eigenvalue weighted by Crippen LogP contribution is 2.34. The molecule has 0 aliphatic heterocycles. The van der Waals surface area contributed by atoms with Crippen LogP contribution in [-0.2, 0) is 17.5 Å². The summed E-state index contributed by atoms with van der Waals surface area (Å²) in [7, 11) is 8.01. The van der Waals surface area contributed by atoms with Crippen LogP contribution in [0.15, 0.2) is 78.9 Å². The Kier molecular flexibility index (Phi) is 7.88. The first-order chi connectivity index (χ1) is 14.9. The lowest BCUT2D eigenvalue weighted by Crippen LogP contribution is -2.26. The van der Waals surface area contributed by atoms with Gasteiger partial charge in [0.05, 0.1) is 0 Å². The standard InChI is InChI=1S/C26H32N2O2S/c1-27(2)23-15-11-21(12-16-23)26(22-13-17-24(18-14-22)28(3)4)25(31(29)30)19-10-20-8-6-5-7-9-20/h5-9,11-18,25-26H,10,19H2,1-4H3,(H,29,30)/p-1. The zero-order chi connectivity index (χ0) is 22.4. The van der Waals surface area contributed by atoms with Crippen LogP contribution >= 0.6 is 0 Å². The second-order valence-corrected chi connectivity index (χ2v) is 9.40. The van der Waals surface area contributed by atoms with Gasteiger partial charge in [0.25, 0.3) is 0 Å². The lowest BCUT2D eigenvalue weighted by molar-refractivity contribution is 0.504. The van der Waals surface area contributed by atoms with Gasteiger partial charge in [0.2, 0.25) is 0 Å². The molecule has 3 rings (SSSR count). The zero-order valence-electron chi connectivity index (χ0n) is 18.7. The summed E-state index contributed by atoms with van der Waals surface area (Å²) < 4.78 is 24.9. The van der Waals surface area contributed by atoms with Crippen LogP contribution in [0.1, 0.15) is 29.0 Å². The summed E-state index contributed by atoms with van der Waals surface area (Å²) >= 11 is -2.21. The van der Waals surface area contributed by atoms with Crippen LogP contribution in [0, 0.1) is 0 Å². The third kappa shape index (κ3) is 5.96. The Labute approximate surface area is 188 Å². The number of benzene rings is 3. The SMILES string of the molecule is CN(C)c1ccc(C(c2ccc(N(C)C)cc2)C(CCc2ccccc2)S(=O)[O-])cc1. The van der Waals surface area contributed by atoms with Gasteiger partial charge < -0.3 is 14.4 Å². The topological polar surface area (TPSA) is 46.6 Å². The monoisotopic (exact) mass is 435 g/mol. The van der Waals surface area contributed by atoms with Crippen molar-refractivity contribution in [2.24, 2.45) is 0 Å². The predicted molar refractivity (Wildman–Crippen MR) is 131 cm³/mol. The van der Waals surface area contributed by atoms with Crippen molar-refractivity contribution in [3.8, 4) is 0 Å². The molecule has 0 aliphatic carbocycles. The molecular weight excluding hydrogens is 404 g/mol. The van der Waals surface area contributed by atoms with Crippen molar-refractivity contribution >= 4 is 22.5 Å².